The fraction of sp³-hybridized carbons (Fsp3) is 0.0476. The fourth-order valence-corrected chi connectivity index (χ4v) is 3.38. The highest BCUT2D eigenvalue weighted by atomic mass is 32.1. The van der Waals surface area contributed by atoms with E-state index in [2.05, 4.69) is 24.4 Å². The van der Waals surface area contributed by atoms with Crippen molar-refractivity contribution in [3.05, 3.63) is 83.7 Å². The first-order chi connectivity index (χ1) is 13.8. The third kappa shape index (κ3) is 3.35. The Balaban J connectivity index is 1.70. The smallest absolute Gasteiger partial charge is 0.292 e. The molecule has 0 saturated carbocycles. The molecule has 4 rings (SSSR count). The normalized spacial score (nSPS) is 11.9. The Labute approximate surface area is 165 Å². The molecule has 28 heavy (non-hydrogen) atoms. The van der Waals surface area contributed by atoms with Gasteiger partial charge in [0, 0.05) is 22.5 Å². The first-order valence-corrected chi connectivity index (χ1v) is 9.16. The fourth-order valence-electron chi connectivity index (χ4n) is 2.86. The number of hydrogen-bond acceptors (Lipinski definition) is 6. The van der Waals surface area contributed by atoms with Crippen molar-refractivity contribution in [2.75, 3.05) is 0 Å². The van der Waals surface area contributed by atoms with Crippen LogP contribution in [-0.4, -0.2) is 9.36 Å². The van der Waals surface area contributed by atoms with Gasteiger partial charge in [0.15, 0.2) is 11.9 Å². The van der Waals surface area contributed by atoms with E-state index in [1.165, 1.54) is 11.5 Å². The molecule has 1 aromatic heterocycles. The predicted molar refractivity (Wildman–Crippen MR) is 108 cm³/mol. The molecule has 0 bridgehead atoms. The number of benzene rings is 3. The molecule has 1 unspecified atom stereocenters. The van der Waals surface area contributed by atoms with E-state index in [1.807, 2.05) is 60.7 Å². The largest absolute Gasteiger partial charge is 0.332 e. The number of aromatic nitrogens is 2. The maximum absolute atomic E-state index is 9.24. The molecule has 3 aromatic carbocycles. The first kappa shape index (κ1) is 17.5. The summed E-state index contributed by atoms with van der Waals surface area (Å²) in [5.41, 5.74) is 2.25. The number of azo groups is 1. The van der Waals surface area contributed by atoms with Crippen LogP contribution in [0.3, 0.4) is 0 Å². The van der Waals surface area contributed by atoms with E-state index in [0.29, 0.717) is 22.2 Å². The maximum Gasteiger partial charge on any atom is 0.332 e. The van der Waals surface area contributed by atoms with Crippen LogP contribution in [0, 0.1) is 17.9 Å². The van der Waals surface area contributed by atoms with Gasteiger partial charge in [0.1, 0.15) is 0 Å². The van der Waals surface area contributed by atoms with Gasteiger partial charge in [-0.05, 0) is 17.5 Å². The minimum absolute atomic E-state index is 0.461. The van der Waals surface area contributed by atoms with Crippen molar-refractivity contribution in [1.82, 2.24) is 9.36 Å². The van der Waals surface area contributed by atoms with E-state index in [0.717, 1.165) is 16.3 Å². The summed E-state index contributed by atoms with van der Waals surface area (Å²) in [4.78, 5) is 7.81. The Hall–Kier alpha value is -3.94. The summed E-state index contributed by atoms with van der Waals surface area (Å²) in [6.45, 7) is 7.24. The Morgan fingerprint density at radius 1 is 0.964 bits per heavy atom. The van der Waals surface area contributed by atoms with Gasteiger partial charge in [-0.3, -0.25) is 4.85 Å². The lowest BCUT2D eigenvalue weighted by Crippen LogP contribution is -1.91. The van der Waals surface area contributed by atoms with Crippen LogP contribution in [-0.2, 0) is 0 Å². The Morgan fingerprint density at radius 3 is 2.46 bits per heavy atom. The quantitative estimate of drug-likeness (QED) is 0.310. The molecule has 0 N–H and O–H groups in total. The molecular weight excluding hydrogens is 368 g/mol. The molecule has 132 valence electrons. The van der Waals surface area contributed by atoms with E-state index >= 15 is 0 Å². The molecule has 7 heteroatoms. The molecule has 4 aromatic rings. The molecule has 0 amide bonds. The number of nitrogens with zero attached hydrogens (tertiary/aromatic N) is 6. The number of nitriles is 1. The highest BCUT2D eigenvalue weighted by molar-refractivity contribution is 7.09. The molecule has 0 aliphatic carbocycles. The van der Waals surface area contributed by atoms with Crippen LogP contribution in [0.5, 0.6) is 0 Å². The number of rotatable bonds is 4. The van der Waals surface area contributed by atoms with Gasteiger partial charge in [-0.25, -0.2) is 6.57 Å². The van der Waals surface area contributed by atoms with Crippen molar-refractivity contribution >= 4 is 33.1 Å². The zero-order valence-corrected chi connectivity index (χ0v) is 15.3. The third-order valence-corrected chi connectivity index (χ3v) is 4.77. The Kier molecular flexibility index (Phi) is 4.83. The second-order valence-corrected chi connectivity index (χ2v) is 6.58. The van der Waals surface area contributed by atoms with Gasteiger partial charge in [-0.15, -0.1) is 10.2 Å². The van der Waals surface area contributed by atoms with E-state index in [1.54, 1.807) is 12.1 Å². The highest BCUT2D eigenvalue weighted by Crippen LogP contribution is 2.34. The van der Waals surface area contributed by atoms with Crippen LogP contribution >= 0.6 is 11.5 Å². The zero-order chi connectivity index (χ0) is 19.3. The SMILES string of the molecule is [C-]#[N+]C(C#N)c1ccc(N=Nc2nc(-c3ccccc3)ns2)c2ccccc12. The van der Waals surface area contributed by atoms with Gasteiger partial charge in [0.2, 0.25) is 5.13 Å². The zero-order valence-electron chi connectivity index (χ0n) is 14.5. The third-order valence-electron chi connectivity index (χ3n) is 4.17. The monoisotopic (exact) mass is 380 g/mol. The van der Waals surface area contributed by atoms with Crippen LogP contribution in [0.25, 0.3) is 27.0 Å². The van der Waals surface area contributed by atoms with Crippen molar-refractivity contribution in [3.63, 3.8) is 0 Å². The maximum atomic E-state index is 9.24. The Bertz CT molecular complexity index is 1230. The van der Waals surface area contributed by atoms with Crippen LogP contribution < -0.4 is 0 Å². The summed E-state index contributed by atoms with van der Waals surface area (Å²) in [6.07, 6.45) is 0. The Morgan fingerprint density at radius 2 is 1.71 bits per heavy atom. The summed E-state index contributed by atoms with van der Waals surface area (Å²) >= 11 is 1.18. The van der Waals surface area contributed by atoms with Gasteiger partial charge in [-0.1, -0.05) is 54.6 Å². The van der Waals surface area contributed by atoms with Gasteiger partial charge in [0.25, 0.3) is 0 Å². The van der Waals surface area contributed by atoms with E-state index in [9.17, 15) is 5.26 Å². The number of fused-ring (bicyclic) bond motifs is 1. The molecule has 0 spiro atoms. The lowest BCUT2D eigenvalue weighted by Gasteiger charge is -2.06. The summed E-state index contributed by atoms with van der Waals surface area (Å²) in [5, 5.41) is 19.9. The van der Waals surface area contributed by atoms with Gasteiger partial charge in [-0.2, -0.15) is 14.6 Å². The summed E-state index contributed by atoms with van der Waals surface area (Å²) < 4.78 is 4.33. The summed E-state index contributed by atoms with van der Waals surface area (Å²) in [6, 6.07) is 22.0. The molecular formula is C21H12N6S. The van der Waals surface area contributed by atoms with Crippen molar-refractivity contribution in [2.45, 2.75) is 6.04 Å². The topological polar surface area (TPSA) is 78.6 Å². The van der Waals surface area contributed by atoms with Crippen LogP contribution in [0.15, 0.2) is 77.0 Å². The van der Waals surface area contributed by atoms with Crippen molar-refractivity contribution < 1.29 is 0 Å². The predicted octanol–water partition coefficient (Wildman–Crippen LogP) is 6.26. The molecule has 0 saturated heterocycles. The molecule has 6 nitrogen and oxygen atoms in total. The minimum atomic E-state index is -0.840. The lowest BCUT2D eigenvalue weighted by molar-refractivity contribution is 1.10. The van der Waals surface area contributed by atoms with Crippen LogP contribution in [0.4, 0.5) is 10.8 Å². The van der Waals surface area contributed by atoms with E-state index < -0.39 is 6.04 Å². The molecule has 1 atom stereocenters. The lowest BCUT2D eigenvalue weighted by atomic mass is 9.98. The van der Waals surface area contributed by atoms with Crippen molar-refractivity contribution in [3.8, 4) is 17.5 Å². The molecule has 1 heterocycles. The minimum Gasteiger partial charge on any atom is -0.292 e. The summed E-state index contributed by atoms with van der Waals surface area (Å²) in [5.74, 6) is 0.619. The average Bonchev–Trinajstić information content (AvgIpc) is 3.23. The van der Waals surface area contributed by atoms with Gasteiger partial charge >= 0.3 is 6.04 Å². The van der Waals surface area contributed by atoms with Crippen LogP contribution in [0.1, 0.15) is 11.6 Å². The second-order valence-electron chi connectivity index (χ2n) is 5.85. The van der Waals surface area contributed by atoms with Gasteiger partial charge < -0.3 is 0 Å². The number of hydrogen-bond donors (Lipinski definition) is 0. The van der Waals surface area contributed by atoms with Crippen LogP contribution in [0.2, 0.25) is 0 Å². The van der Waals surface area contributed by atoms with Crippen molar-refractivity contribution in [2.24, 2.45) is 10.2 Å². The standard InChI is InChI=1S/C21H12N6S/c1-23-19(13-22)17-11-12-18(16-10-6-5-9-15(16)17)25-26-21-24-20(27-28-21)14-7-3-2-4-8-14/h2-12,19H. The average molecular weight is 380 g/mol. The van der Waals surface area contributed by atoms with Crippen molar-refractivity contribution in [1.29, 1.82) is 5.26 Å². The summed E-state index contributed by atoms with van der Waals surface area (Å²) in [7, 11) is 0. The molecule has 0 aliphatic heterocycles. The molecule has 0 fully saturated rings. The molecule has 0 aliphatic rings. The van der Waals surface area contributed by atoms with E-state index in [4.69, 9.17) is 6.57 Å². The second kappa shape index (κ2) is 7.75. The molecule has 0 radical (unpaired) electrons. The van der Waals surface area contributed by atoms with Gasteiger partial charge in [0.05, 0.1) is 11.3 Å². The van der Waals surface area contributed by atoms with E-state index in [-0.39, 0.29) is 0 Å². The first-order valence-electron chi connectivity index (χ1n) is 8.39. The highest BCUT2D eigenvalue weighted by Gasteiger charge is 2.18.